The number of pyridine rings is 1. The van der Waals surface area contributed by atoms with E-state index in [9.17, 15) is 9.59 Å². The average Bonchev–Trinajstić information content (AvgIpc) is 3.11. The number of carbonyl (C=O) groups excluding carboxylic acids is 1. The Bertz CT molecular complexity index is 1180. The molecule has 4 rings (SSSR count). The highest BCUT2D eigenvalue weighted by atomic mass is 16.1. The summed E-state index contributed by atoms with van der Waals surface area (Å²) in [7, 11) is 0. The lowest BCUT2D eigenvalue weighted by Crippen LogP contribution is -2.26. The minimum Gasteiger partial charge on any atom is -0.356 e. The van der Waals surface area contributed by atoms with E-state index in [2.05, 4.69) is 25.5 Å². The van der Waals surface area contributed by atoms with Gasteiger partial charge in [0.2, 0.25) is 5.91 Å². The number of amides is 1. The lowest BCUT2D eigenvalue weighted by atomic mass is 10.2. The molecule has 4 aromatic rings. The number of aryl methyl sites for hydroxylation is 1. The Morgan fingerprint density at radius 1 is 1.07 bits per heavy atom. The molecule has 1 aromatic carbocycles. The molecular formula is C20H20N6O2. The molecule has 0 aliphatic carbocycles. The molecule has 0 saturated heterocycles. The van der Waals surface area contributed by atoms with E-state index in [0.29, 0.717) is 49.0 Å². The van der Waals surface area contributed by atoms with Crippen molar-refractivity contribution in [1.29, 1.82) is 0 Å². The van der Waals surface area contributed by atoms with Gasteiger partial charge in [0.15, 0.2) is 5.65 Å². The molecule has 0 aliphatic rings. The Morgan fingerprint density at radius 3 is 2.86 bits per heavy atom. The topological polar surface area (TPSA) is 105 Å². The number of hydrogen-bond acceptors (Lipinski definition) is 5. The van der Waals surface area contributed by atoms with Crippen LogP contribution in [-0.2, 0) is 17.6 Å². The molecule has 0 bridgehead atoms. The van der Waals surface area contributed by atoms with Gasteiger partial charge in [-0.25, -0.2) is 4.98 Å². The molecule has 3 aromatic heterocycles. The summed E-state index contributed by atoms with van der Waals surface area (Å²) in [5.74, 6) is 1.39. The zero-order valence-electron chi connectivity index (χ0n) is 15.3. The fourth-order valence-electron chi connectivity index (χ4n) is 3.13. The lowest BCUT2D eigenvalue weighted by Gasteiger charge is -2.05. The molecule has 142 valence electrons. The van der Waals surface area contributed by atoms with E-state index in [1.165, 1.54) is 0 Å². The van der Waals surface area contributed by atoms with Crippen LogP contribution in [0.3, 0.4) is 0 Å². The van der Waals surface area contributed by atoms with E-state index in [1.807, 2.05) is 47.0 Å². The van der Waals surface area contributed by atoms with Gasteiger partial charge in [0, 0.05) is 32.0 Å². The van der Waals surface area contributed by atoms with Crippen molar-refractivity contribution in [3.8, 4) is 0 Å². The highest BCUT2D eigenvalue weighted by Crippen LogP contribution is 2.07. The molecular weight excluding hydrogens is 356 g/mol. The number of rotatable bonds is 7. The fourth-order valence-corrected chi connectivity index (χ4v) is 3.13. The summed E-state index contributed by atoms with van der Waals surface area (Å²) in [6, 6.07) is 12.9. The lowest BCUT2D eigenvalue weighted by molar-refractivity contribution is -0.121. The Hall–Kier alpha value is -3.55. The van der Waals surface area contributed by atoms with E-state index >= 15 is 0 Å². The van der Waals surface area contributed by atoms with Crippen LogP contribution in [0.1, 0.15) is 24.5 Å². The van der Waals surface area contributed by atoms with Crippen LogP contribution in [0.2, 0.25) is 0 Å². The molecule has 8 nitrogen and oxygen atoms in total. The Morgan fingerprint density at radius 2 is 1.93 bits per heavy atom. The van der Waals surface area contributed by atoms with E-state index < -0.39 is 0 Å². The van der Waals surface area contributed by atoms with Crippen LogP contribution >= 0.6 is 0 Å². The number of nitrogens with zero attached hydrogens (tertiary/aromatic N) is 4. The zero-order chi connectivity index (χ0) is 19.3. The van der Waals surface area contributed by atoms with Gasteiger partial charge < -0.3 is 10.3 Å². The van der Waals surface area contributed by atoms with Crippen molar-refractivity contribution in [2.45, 2.75) is 25.7 Å². The van der Waals surface area contributed by atoms with Gasteiger partial charge in [0.25, 0.3) is 5.56 Å². The number of benzene rings is 1. The minimum absolute atomic E-state index is 0.0306. The highest BCUT2D eigenvalue weighted by Gasteiger charge is 2.07. The summed E-state index contributed by atoms with van der Waals surface area (Å²) in [6.45, 7) is 0.500. The molecule has 0 spiro atoms. The molecule has 0 fully saturated rings. The number of carbonyl (C=O) groups is 1. The quantitative estimate of drug-likeness (QED) is 0.510. The first-order valence-electron chi connectivity index (χ1n) is 9.24. The molecule has 0 radical (unpaired) electrons. The van der Waals surface area contributed by atoms with E-state index in [0.717, 1.165) is 11.5 Å². The van der Waals surface area contributed by atoms with Crippen LogP contribution in [-0.4, -0.2) is 37.0 Å². The van der Waals surface area contributed by atoms with E-state index in [4.69, 9.17) is 0 Å². The molecule has 8 heteroatoms. The molecule has 0 saturated carbocycles. The number of aromatic amines is 1. The van der Waals surface area contributed by atoms with Crippen molar-refractivity contribution in [2.75, 3.05) is 6.54 Å². The molecule has 28 heavy (non-hydrogen) atoms. The third-order valence-corrected chi connectivity index (χ3v) is 4.53. The second-order valence-corrected chi connectivity index (χ2v) is 6.53. The maximum absolute atomic E-state index is 12.1. The van der Waals surface area contributed by atoms with Crippen molar-refractivity contribution < 1.29 is 4.79 Å². The fraction of sp³-hybridized carbons (Fsp3) is 0.250. The monoisotopic (exact) mass is 376 g/mol. The normalized spacial score (nSPS) is 11.1. The number of aromatic nitrogens is 5. The molecule has 0 aliphatic heterocycles. The smallest absolute Gasteiger partial charge is 0.258 e. The number of H-pyrrole nitrogens is 1. The summed E-state index contributed by atoms with van der Waals surface area (Å²) >= 11 is 0. The van der Waals surface area contributed by atoms with Crippen LogP contribution in [0.25, 0.3) is 16.6 Å². The summed E-state index contributed by atoms with van der Waals surface area (Å²) in [5, 5.41) is 11.7. The van der Waals surface area contributed by atoms with Gasteiger partial charge in [-0.15, -0.1) is 10.2 Å². The zero-order valence-corrected chi connectivity index (χ0v) is 15.3. The van der Waals surface area contributed by atoms with Crippen LogP contribution < -0.4 is 10.9 Å². The van der Waals surface area contributed by atoms with Crippen molar-refractivity contribution in [3.05, 3.63) is 70.7 Å². The predicted octanol–water partition coefficient (Wildman–Crippen LogP) is 1.65. The Labute approximate surface area is 160 Å². The van der Waals surface area contributed by atoms with Gasteiger partial charge in [0.05, 0.1) is 10.9 Å². The molecule has 0 unspecified atom stereocenters. The largest absolute Gasteiger partial charge is 0.356 e. The summed E-state index contributed by atoms with van der Waals surface area (Å²) in [4.78, 5) is 31.4. The Balaban J connectivity index is 1.25. The second-order valence-electron chi connectivity index (χ2n) is 6.53. The average molecular weight is 376 g/mol. The maximum Gasteiger partial charge on any atom is 0.258 e. The first-order chi connectivity index (χ1) is 13.7. The van der Waals surface area contributed by atoms with Crippen molar-refractivity contribution in [1.82, 2.24) is 29.9 Å². The molecule has 2 N–H and O–H groups in total. The van der Waals surface area contributed by atoms with Crippen LogP contribution in [0, 0.1) is 0 Å². The minimum atomic E-state index is -0.148. The van der Waals surface area contributed by atoms with Crippen molar-refractivity contribution in [3.63, 3.8) is 0 Å². The third-order valence-electron chi connectivity index (χ3n) is 4.53. The van der Waals surface area contributed by atoms with Crippen molar-refractivity contribution in [2.24, 2.45) is 0 Å². The third kappa shape index (κ3) is 3.90. The first-order valence-corrected chi connectivity index (χ1v) is 9.24. The van der Waals surface area contributed by atoms with Crippen LogP contribution in [0.5, 0.6) is 0 Å². The van der Waals surface area contributed by atoms with E-state index in [1.54, 1.807) is 6.07 Å². The van der Waals surface area contributed by atoms with Gasteiger partial charge in [-0.05, 0) is 30.7 Å². The molecule has 0 atom stereocenters. The van der Waals surface area contributed by atoms with Crippen LogP contribution in [0.15, 0.2) is 53.5 Å². The number of hydrogen-bond donors (Lipinski definition) is 2. The summed E-state index contributed by atoms with van der Waals surface area (Å²) < 4.78 is 1.91. The number of para-hydroxylation sites is 1. The standard InChI is InChI=1S/C20H20N6O2/c27-19(21-12-11-18-25-24-17-9-3-4-13-26(17)18)10-5-8-16-22-15-7-2-1-6-14(15)20(28)23-16/h1-4,6-7,9,13H,5,8,10-12H2,(H,21,27)(H,22,23,28). The number of nitrogens with one attached hydrogen (secondary N) is 2. The second kappa shape index (κ2) is 7.99. The maximum atomic E-state index is 12.1. The summed E-state index contributed by atoms with van der Waals surface area (Å²) in [5.41, 5.74) is 1.32. The van der Waals surface area contributed by atoms with Gasteiger partial charge in [-0.3, -0.25) is 14.0 Å². The molecule has 1 amide bonds. The molecule has 3 heterocycles. The van der Waals surface area contributed by atoms with Gasteiger partial charge >= 0.3 is 0 Å². The van der Waals surface area contributed by atoms with Crippen LogP contribution in [0.4, 0.5) is 0 Å². The SMILES string of the molecule is O=C(CCCc1nc2ccccc2c(=O)[nH]1)NCCc1nnc2ccccn12. The number of fused-ring (bicyclic) bond motifs is 2. The van der Waals surface area contributed by atoms with Gasteiger partial charge in [-0.1, -0.05) is 18.2 Å². The van der Waals surface area contributed by atoms with E-state index in [-0.39, 0.29) is 11.5 Å². The van der Waals surface area contributed by atoms with Gasteiger partial charge in [0.1, 0.15) is 11.6 Å². The van der Waals surface area contributed by atoms with Crippen molar-refractivity contribution >= 4 is 22.5 Å². The Kier molecular flexibility index (Phi) is 5.09. The predicted molar refractivity (Wildman–Crippen MR) is 105 cm³/mol. The first kappa shape index (κ1) is 17.8. The highest BCUT2D eigenvalue weighted by molar-refractivity contribution is 5.77. The van der Waals surface area contributed by atoms with Gasteiger partial charge in [-0.2, -0.15) is 0 Å². The summed E-state index contributed by atoms with van der Waals surface area (Å²) in [6.07, 6.45) is 4.04.